The summed E-state index contributed by atoms with van der Waals surface area (Å²) in [5.74, 6) is 1.08. The molecule has 0 radical (unpaired) electrons. The van der Waals surface area contributed by atoms with Crippen molar-refractivity contribution >= 4 is 5.91 Å². The number of amides is 1. The lowest BCUT2D eigenvalue weighted by molar-refractivity contribution is 0.0943. The van der Waals surface area contributed by atoms with Crippen molar-refractivity contribution in [1.82, 2.24) is 10.6 Å². The summed E-state index contributed by atoms with van der Waals surface area (Å²) in [6, 6.07) is 6.08. The molecule has 0 aromatic heterocycles. The molecular formula is C16H24N2O3. The Morgan fingerprint density at radius 1 is 1.33 bits per heavy atom. The van der Waals surface area contributed by atoms with Gasteiger partial charge >= 0.3 is 0 Å². The second-order valence-electron chi connectivity index (χ2n) is 5.47. The molecule has 0 spiro atoms. The molecule has 1 aliphatic rings. The first-order valence-corrected chi connectivity index (χ1v) is 7.40. The molecule has 1 fully saturated rings. The van der Waals surface area contributed by atoms with Gasteiger partial charge in [0.25, 0.3) is 5.91 Å². The van der Waals surface area contributed by atoms with Crippen LogP contribution in [-0.2, 0) is 0 Å². The van der Waals surface area contributed by atoms with Crippen LogP contribution in [0.4, 0.5) is 0 Å². The Morgan fingerprint density at radius 2 is 2.14 bits per heavy atom. The molecule has 1 saturated heterocycles. The first-order valence-electron chi connectivity index (χ1n) is 7.40. The number of methoxy groups -OCH3 is 2. The van der Waals surface area contributed by atoms with Gasteiger partial charge in [0, 0.05) is 24.7 Å². The van der Waals surface area contributed by atoms with E-state index in [2.05, 4.69) is 17.6 Å². The van der Waals surface area contributed by atoms with Crippen LogP contribution < -0.4 is 20.1 Å². The number of piperidine rings is 1. The van der Waals surface area contributed by atoms with Crippen LogP contribution in [0.25, 0.3) is 0 Å². The van der Waals surface area contributed by atoms with E-state index in [0.717, 1.165) is 6.42 Å². The highest BCUT2D eigenvalue weighted by Crippen LogP contribution is 2.24. The van der Waals surface area contributed by atoms with Gasteiger partial charge in [0.15, 0.2) is 0 Å². The summed E-state index contributed by atoms with van der Waals surface area (Å²) in [6.07, 6.45) is 3.52. The van der Waals surface area contributed by atoms with Crippen LogP contribution in [0.3, 0.4) is 0 Å². The van der Waals surface area contributed by atoms with Gasteiger partial charge in [0.05, 0.1) is 19.8 Å². The average molecular weight is 292 g/mol. The molecule has 0 aliphatic carbocycles. The molecule has 0 saturated carbocycles. The predicted octanol–water partition coefficient (Wildman–Crippen LogP) is 1.96. The Kier molecular flexibility index (Phi) is 5.44. The molecule has 2 rings (SSSR count). The van der Waals surface area contributed by atoms with Crippen molar-refractivity contribution in [2.45, 2.75) is 38.3 Å². The Morgan fingerprint density at radius 3 is 2.81 bits per heavy atom. The van der Waals surface area contributed by atoms with Crippen LogP contribution in [0.2, 0.25) is 0 Å². The van der Waals surface area contributed by atoms with E-state index in [4.69, 9.17) is 9.47 Å². The SMILES string of the molecule is COc1ccc(C(=O)NCC2CCCC(C)N2)c(OC)c1. The maximum absolute atomic E-state index is 12.3. The van der Waals surface area contributed by atoms with Crippen LogP contribution in [-0.4, -0.2) is 38.8 Å². The summed E-state index contributed by atoms with van der Waals surface area (Å²) in [5.41, 5.74) is 0.530. The van der Waals surface area contributed by atoms with Crippen molar-refractivity contribution in [1.29, 1.82) is 0 Å². The zero-order chi connectivity index (χ0) is 15.2. The maximum Gasteiger partial charge on any atom is 0.255 e. The highest BCUT2D eigenvalue weighted by Gasteiger charge is 2.19. The Bertz CT molecular complexity index is 490. The second kappa shape index (κ2) is 7.31. The van der Waals surface area contributed by atoms with Crippen LogP contribution in [0, 0.1) is 0 Å². The molecule has 1 heterocycles. The van der Waals surface area contributed by atoms with Gasteiger partial charge in [0.1, 0.15) is 11.5 Å². The minimum Gasteiger partial charge on any atom is -0.497 e. The quantitative estimate of drug-likeness (QED) is 0.871. The fourth-order valence-electron chi connectivity index (χ4n) is 2.70. The van der Waals surface area contributed by atoms with Gasteiger partial charge in [-0.25, -0.2) is 0 Å². The fourth-order valence-corrected chi connectivity index (χ4v) is 2.70. The van der Waals surface area contributed by atoms with Crippen LogP contribution in [0.1, 0.15) is 36.5 Å². The lowest BCUT2D eigenvalue weighted by atomic mass is 9.99. The van der Waals surface area contributed by atoms with Gasteiger partial charge in [0.2, 0.25) is 0 Å². The average Bonchev–Trinajstić information content (AvgIpc) is 2.52. The molecule has 0 bridgehead atoms. The Balaban J connectivity index is 1.96. The Labute approximate surface area is 126 Å². The van der Waals surface area contributed by atoms with Gasteiger partial charge in [-0.15, -0.1) is 0 Å². The third kappa shape index (κ3) is 4.11. The van der Waals surface area contributed by atoms with Crippen molar-refractivity contribution in [2.24, 2.45) is 0 Å². The largest absolute Gasteiger partial charge is 0.497 e. The molecule has 1 aromatic carbocycles. The highest BCUT2D eigenvalue weighted by molar-refractivity contribution is 5.97. The van der Waals surface area contributed by atoms with E-state index in [1.165, 1.54) is 12.8 Å². The van der Waals surface area contributed by atoms with E-state index in [-0.39, 0.29) is 5.91 Å². The van der Waals surface area contributed by atoms with E-state index in [1.807, 2.05) is 0 Å². The van der Waals surface area contributed by atoms with E-state index >= 15 is 0 Å². The lowest BCUT2D eigenvalue weighted by Gasteiger charge is -2.28. The molecule has 2 N–H and O–H groups in total. The minimum absolute atomic E-state index is 0.116. The van der Waals surface area contributed by atoms with Gasteiger partial charge < -0.3 is 20.1 Å². The smallest absolute Gasteiger partial charge is 0.255 e. The lowest BCUT2D eigenvalue weighted by Crippen LogP contribution is -2.47. The van der Waals surface area contributed by atoms with Crippen molar-refractivity contribution in [3.63, 3.8) is 0 Å². The summed E-state index contributed by atoms with van der Waals surface area (Å²) in [5, 5.41) is 6.48. The van der Waals surface area contributed by atoms with E-state index in [0.29, 0.717) is 35.7 Å². The number of carbonyl (C=O) groups excluding carboxylic acids is 1. The highest BCUT2D eigenvalue weighted by atomic mass is 16.5. The first-order chi connectivity index (χ1) is 10.1. The number of benzene rings is 1. The molecule has 1 amide bonds. The topological polar surface area (TPSA) is 59.6 Å². The monoisotopic (exact) mass is 292 g/mol. The fraction of sp³-hybridized carbons (Fsp3) is 0.562. The van der Waals surface area contributed by atoms with Gasteiger partial charge in [-0.1, -0.05) is 6.42 Å². The van der Waals surface area contributed by atoms with E-state index in [1.54, 1.807) is 32.4 Å². The third-order valence-electron chi connectivity index (χ3n) is 3.87. The number of rotatable bonds is 5. The van der Waals surface area contributed by atoms with Crippen LogP contribution >= 0.6 is 0 Å². The molecular weight excluding hydrogens is 268 g/mol. The Hall–Kier alpha value is -1.75. The molecule has 2 unspecified atom stereocenters. The van der Waals surface area contributed by atoms with Gasteiger partial charge in [-0.3, -0.25) is 4.79 Å². The normalized spacial score (nSPS) is 21.7. The number of hydrogen-bond donors (Lipinski definition) is 2. The summed E-state index contributed by atoms with van der Waals surface area (Å²) >= 11 is 0. The van der Waals surface area contributed by atoms with Crippen molar-refractivity contribution in [2.75, 3.05) is 20.8 Å². The number of hydrogen-bond acceptors (Lipinski definition) is 4. The summed E-state index contributed by atoms with van der Waals surface area (Å²) < 4.78 is 10.4. The van der Waals surface area contributed by atoms with Crippen molar-refractivity contribution < 1.29 is 14.3 Å². The predicted molar refractivity (Wildman–Crippen MR) is 82.1 cm³/mol. The summed E-state index contributed by atoms with van der Waals surface area (Å²) in [6.45, 7) is 2.82. The number of nitrogens with one attached hydrogen (secondary N) is 2. The van der Waals surface area contributed by atoms with E-state index < -0.39 is 0 Å². The minimum atomic E-state index is -0.116. The molecule has 1 aromatic rings. The van der Waals surface area contributed by atoms with Crippen LogP contribution in [0.5, 0.6) is 11.5 Å². The molecule has 5 nitrogen and oxygen atoms in total. The standard InChI is InChI=1S/C16H24N2O3/c1-11-5-4-6-12(18-11)10-17-16(19)14-8-7-13(20-2)9-15(14)21-3/h7-9,11-12,18H,4-6,10H2,1-3H3,(H,17,19). The van der Waals surface area contributed by atoms with Gasteiger partial charge in [-0.2, -0.15) is 0 Å². The molecule has 2 atom stereocenters. The van der Waals surface area contributed by atoms with Crippen LogP contribution in [0.15, 0.2) is 18.2 Å². The number of ether oxygens (including phenoxy) is 2. The van der Waals surface area contributed by atoms with E-state index in [9.17, 15) is 4.79 Å². The zero-order valence-electron chi connectivity index (χ0n) is 12.9. The van der Waals surface area contributed by atoms with Crippen molar-refractivity contribution in [3.05, 3.63) is 23.8 Å². The molecule has 21 heavy (non-hydrogen) atoms. The van der Waals surface area contributed by atoms with Crippen molar-refractivity contribution in [3.8, 4) is 11.5 Å². The summed E-state index contributed by atoms with van der Waals surface area (Å²) in [4.78, 5) is 12.3. The maximum atomic E-state index is 12.3. The van der Waals surface area contributed by atoms with Gasteiger partial charge in [-0.05, 0) is 31.9 Å². The summed E-state index contributed by atoms with van der Waals surface area (Å²) in [7, 11) is 3.14. The molecule has 5 heteroatoms. The molecule has 116 valence electrons. The first kappa shape index (κ1) is 15.6. The second-order valence-corrected chi connectivity index (χ2v) is 5.47. The molecule has 1 aliphatic heterocycles. The number of carbonyl (C=O) groups is 1. The zero-order valence-corrected chi connectivity index (χ0v) is 12.9. The third-order valence-corrected chi connectivity index (χ3v) is 3.87.